The van der Waals surface area contributed by atoms with Crippen LogP contribution in [-0.4, -0.2) is 23.3 Å². The molecule has 3 aromatic rings. The van der Waals surface area contributed by atoms with Gasteiger partial charge in [0.1, 0.15) is 5.58 Å². The number of amides is 2. The van der Waals surface area contributed by atoms with Gasteiger partial charge in [0.25, 0.3) is 5.91 Å². The fourth-order valence-electron chi connectivity index (χ4n) is 2.30. The first kappa shape index (κ1) is 15.7. The number of hydrogen-bond donors (Lipinski definition) is 2. The van der Waals surface area contributed by atoms with E-state index in [4.69, 9.17) is 4.42 Å². The number of carbonyl (C=O) groups is 2. The lowest BCUT2D eigenvalue weighted by Crippen LogP contribution is -2.32. The van der Waals surface area contributed by atoms with E-state index in [1.807, 2.05) is 26.0 Å². The summed E-state index contributed by atoms with van der Waals surface area (Å²) in [5.41, 5.74) is 3.46. The van der Waals surface area contributed by atoms with Gasteiger partial charge in [-0.1, -0.05) is 0 Å². The van der Waals surface area contributed by atoms with Gasteiger partial charge in [0.2, 0.25) is 5.91 Å². The lowest BCUT2D eigenvalue weighted by atomic mass is 10.1. The molecule has 3 rings (SSSR count). The third-order valence-electron chi connectivity index (χ3n) is 3.71. The number of benzene rings is 1. The first-order valence-electron chi connectivity index (χ1n) is 7.52. The van der Waals surface area contributed by atoms with Crippen molar-refractivity contribution in [1.29, 1.82) is 0 Å². The normalized spacial score (nSPS) is 10.6. The molecule has 0 aliphatic carbocycles. The second-order valence-corrected chi connectivity index (χ2v) is 5.56. The van der Waals surface area contributed by atoms with Crippen LogP contribution in [-0.2, 0) is 4.79 Å². The Morgan fingerprint density at radius 2 is 1.96 bits per heavy atom. The van der Waals surface area contributed by atoms with Crippen LogP contribution in [0.2, 0.25) is 0 Å². The van der Waals surface area contributed by atoms with Crippen LogP contribution >= 0.6 is 0 Å². The Kier molecular flexibility index (Phi) is 4.29. The Morgan fingerprint density at radius 1 is 1.17 bits per heavy atom. The van der Waals surface area contributed by atoms with E-state index in [0.717, 1.165) is 16.5 Å². The molecule has 0 bridgehead atoms. The summed E-state index contributed by atoms with van der Waals surface area (Å²) < 4.78 is 5.56. The van der Waals surface area contributed by atoms with Crippen molar-refractivity contribution in [3.05, 3.63) is 59.6 Å². The molecule has 2 amide bonds. The van der Waals surface area contributed by atoms with Crippen LogP contribution in [0.25, 0.3) is 11.0 Å². The van der Waals surface area contributed by atoms with Gasteiger partial charge >= 0.3 is 0 Å². The zero-order valence-electron chi connectivity index (χ0n) is 13.4. The number of pyridine rings is 1. The summed E-state index contributed by atoms with van der Waals surface area (Å²) in [6.07, 6.45) is 3.14. The summed E-state index contributed by atoms with van der Waals surface area (Å²) >= 11 is 0. The molecular formula is C18H17N3O3. The third-order valence-corrected chi connectivity index (χ3v) is 3.71. The molecule has 0 radical (unpaired) electrons. The molecule has 0 atom stereocenters. The van der Waals surface area contributed by atoms with E-state index in [-0.39, 0.29) is 18.2 Å². The number of nitrogens with one attached hydrogen (secondary N) is 2. The molecule has 24 heavy (non-hydrogen) atoms. The number of nitrogens with zero attached hydrogens (tertiary/aromatic N) is 1. The topological polar surface area (TPSA) is 84.2 Å². The van der Waals surface area contributed by atoms with E-state index in [1.165, 1.54) is 6.20 Å². The Morgan fingerprint density at radius 3 is 2.71 bits per heavy atom. The molecular weight excluding hydrogens is 306 g/mol. The van der Waals surface area contributed by atoms with Crippen molar-refractivity contribution in [2.24, 2.45) is 0 Å². The molecule has 1 aromatic carbocycles. The zero-order chi connectivity index (χ0) is 17.1. The number of aromatic nitrogens is 1. The van der Waals surface area contributed by atoms with Crippen molar-refractivity contribution < 1.29 is 14.0 Å². The fraction of sp³-hybridized carbons (Fsp3) is 0.167. The van der Waals surface area contributed by atoms with Crippen molar-refractivity contribution in [3.63, 3.8) is 0 Å². The predicted octanol–water partition coefficient (Wildman–Crippen LogP) is 2.81. The monoisotopic (exact) mass is 323 g/mol. The fourth-order valence-corrected chi connectivity index (χ4v) is 2.30. The number of carbonyl (C=O) groups excluding carboxylic acids is 2. The number of anilines is 1. The number of aryl methyl sites for hydroxylation is 2. The lowest BCUT2D eigenvalue weighted by molar-refractivity contribution is -0.115. The van der Waals surface area contributed by atoms with Crippen LogP contribution in [0, 0.1) is 13.8 Å². The summed E-state index contributed by atoms with van der Waals surface area (Å²) in [4.78, 5) is 27.9. The highest BCUT2D eigenvalue weighted by Gasteiger charge is 2.14. The van der Waals surface area contributed by atoms with Crippen molar-refractivity contribution in [2.75, 3.05) is 11.9 Å². The van der Waals surface area contributed by atoms with Gasteiger partial charge < -0.3 is 15.1 Å². The van der Waals surface area contributed by atoms with E-state index in [1.54, 1.807) is 24.4 Å². The molecule has 0 saturated carbocycles. The highest BCUT2D eigenvalue weighted by molar-refractivity contribution is 6.00. The van der Waals surface area contributed by atoms with E-state index < -0.39 is 5.91 Å². The predicted molar refractivity (Wildman–Crippen MR) is 90.9 cm³/mol. The second kappa shape index (κ2) is 6.54. The van der Waals surface area contributed by atoms with Crippen LogP contribution in [0.3, 0.4) is 0 Å². The Hall–Kier alpha value is -3.15. The number of fused-ring (bicyclic) bond motifs is 1. The smallest absolute Gasteiger partial charge is 0.287 e. The first-order valence-corrected chi connectivity index (χ1v) is 7.52. The minimum Gasteiger partial charge on any atom is -0.451 e. The van der Waals surface area contributed by atoms with E-state index >= 15 is 0 Å². The number of furan rings is 1. The summed E-state index contributed by atoms with van der Waals surface area (Å²) in [7, 11) is 0. The van der Waals surface area contributed by atoms with Crippen molar-refractivity contribution in [2.45, 2.75) is 13.8 Å². The second-order valence-electron chi connectivity index (χ2n) is 5.56. The maximum absolute atomic E-state index is 12.1. The van der Waals surface area contributed by atoms with E-state index in [2.05, 4.69) is 15.6 Å². The average molecular weight is 323 g/mol. The lowest BCUT2D eigenvalue weighted by Gasteiger charge is -2.05. The molecule has 6 nitrogen and oxygen atoms in total. The minimum absolute atomic E-state index is 0.150. The largest absolute Gasteiger partial charge is 0.451 e. The van der Waals surface area contributed by atoms with E-state index in [0.29, 0.717) is 11.3 Å². The summed E-state index contributed by atoms with van der Waals surface area (Å²) in [5, 5.41) is 6.05. The maximum Gasteiger partial charge on any atom is 0.287 e. The van der Waals surface area contributed by atoms with Crippen LogP contribution in [0.15, 0.2) is 47.1 Å². The van der Waals surface area contributed by atoms with Crippen LogP contribution < -0.4 is 10.6 Å². The highest BCUT2D eigenvalue weighted by atomic mass is 16.3. The molecule has 2 N–H and O–H groups in total. The van der Waals surface area contributed by atoms with E-state index in [9.17, 15) is 9.59 Å². The Labute approximate surface area is 138 Å². The van der Waals surface area contributed by atoms with Crippen molar-refractivity contribution >= 4 is 28.5 Å². The van der Waals surface area contributed by atoms with Gasteiger partial charge in [-0.25, -0.2) is 0 Å². The third kappa shape index (κ3) is 3.43. The molecule has 0 unspecified atom stereocenters. The Balaban J connectivity index is 1.63. The van der Waals surface area contributed by atoms with Crippen molar-refractivity contribution in [1.82, 2.24) is 10.3 Å². The molecule has 2 heterocycles. The molecule has 0 aliphatic heterocycles. The molecule has 0 saturated heterocycles. The average Bonchev–Trinajstić information content (AvgIpc) is 2.97. The van der Waals surface area contributed by atoms with Gasteiger partial charge in [0.15, 0.2) is 5.76 Å². The summed E-state index contributed by atoms with van der Waals surface area (Å²) in [5.74, 6) is -0.578. The van der Waals surface area contributed by atoms with Crippen LogP contribution in [0.5, 0.6) is 0 Å². The van der Waals surface area contributed by atoms with Gasteiger partial charge in [0, 0.05) is 11.6 Å². The summed E-state index contributed by atoms with van der Waals surface area (Å²) in [6, 6.07) is 8.98. The first-order chi connectivity index (χ1) is 11.5. The highest BCUT2D eigenvalue weighted by Crippen LogP contribution is 2.23. The Bertz CT molecular complexity index is 862. The van der Waals surface area contributed by atoms with Gasteiger partial charge in [-0.2, -0.15) is 0 Å². The van der Waals surface area contributed by atoms with Gasteiger partial charge in [-0.05, 0) is 55.3 Å². The van der Waals surface area contributed by atoms with Gasteiger partial charge in [-0.15, -0.1) is 0 Å². The van der Waals surface area contributed by atoms with Gasteiger partial charge in [-0.3, -0.25) is 14.6 Å². The molecule has 0 aliphatic rings. The SMILES string of the molecule is Cc1cc2cc(C(=O)NCC(=O)Nc3cccnc3)oc2cc1C. The number of rotatable bonds is 4. The molecule has 6 heteroatoms. The molecule has 2 aromatic heterocycles. The molecule has 0 fully saturated rings. The molecule has 0 spiro atoms. The van der Waals surface area contributed by atoms with Gasteiger partial charge in [0.05, 0.1) is 18.4 Å². The quantitative estimate of drug-likeness (QED) is 0.773. The minimum atomic E-state index is -0.428. The molecule has 122 valence electrons. The van der Waals surface area contributed by atoms with Crippen LogP contribution in [0.4, 0.5) is 5.69 Å². The summed E-state index contributed by atoms with van der Waals surface area (Å²) in [6.45, 7) is 3.84. The van der Waals surface area contributed by atoms with Crippen LogP contribution in [0.1, 0.15) is 21.7 Å². The number of hydrogen-bond acceptors (Lipinski definition) is 4. The maximum atomic E-state index is 12.1. The van der Waals surface area contributed by atoms with Crippen molar-refractivity contribution in [3.8, 4) is 0 Å². The standard InChI is InChI=1S/C18H17N3O3/c1-11-6-13-8-16(24-15(13)7-12(11)2)18(23)20-10-17(22)21-14-4-3-5-19-9-14/h3-9H,10H2,1-2H3,(H,20,23)(H,21,22). The zero-order valence-corrected chi connectivity index (χ0v) is 13.4.